The second-order valence-electron chi connectivity index (χ2n) is 5.25. The Balaban J connectivity index is 0.000000271. The Labute approximate surface area is 173 Å². The van der Waals surface area contributed by atoms with Crippen LogP contribution < -0.4 is 0 Å². The van der Waals surface area contributed by atoms with E-state index in [9.17, 15) is 14.4 Å². The maximum atomic E-state index is 11.1. The minimum Gasteiger partial charge on any atom is -0.464 e. The van der Waals surface area contributed by atoms with Crippen molar-refractivity contribution in [3.05, 3.63) is 56.0 Å². The van der Waals surface area contributed by atoms with Crippen LogP contribution in [0.4, 0.5) is 0 Å². The molecule has 0 aliphatic carbocycles. The highest BCUT2D eigenvalue weighted by Gasteiger charge is 2.11. The number of ketones is 2. The predicted molar refractivity (Wildman–Crippen MR) is 106 cm³/mol. The fourth-order valence-electron chi connectivity index (χ4n) is 1.84. The van der Waals surface area contributed by atoms with Gasteiger partial charge in [0.2, 0.25) is 0 Å². The summed E-state index contributed by atoms with van der Waals surface area (Å²) in [6, 6.07) is 6.57. The number of pyridine rings is 2. The van der Waals surface area contributed by atoms with Crippen LogP contribution >= 0.6 is 31.9 Å². The van der Waals surface area contributed by atoms with Crippen molar-refractivity contribution in [2.24, 2.45) is 0 Å². The van der Waals surface area contributed by atoms with Crippen LogP contribution in [-0.2, 0) is 16.1 Å². The molecule has 2 aromatic rings. The molecule has 0 bridgehead atoms. The van der Waals surface area contributed by atoms with Crippen molar-refractivity contribution >= 4 is 49.4 Å². The average molecular weight is 502 g/mol. The molecular weight excluding hydrogens is 484 g/mol. The van der Waals surface area contributed by atoms with E-state index in [4.69, 9.17) is 4.74 Å². The van der Waals surface area contributed by atoms with E-state index in [0.717, 1.165) is 10.2 Å². The van der Waals surface area contributed by atoms with E-state index in [2.05, 4.69) is 46.6 Å². The minimum atomic E-state index is -0.561. The fourth-order valence-corrected chi connectivity index (χ4v) is 2.75. The summed E-state index contributed by atoms with van der Waals surface area (Å²) >= 11 is 6.48. The van der Waals surface area contributed by atoms with E-state index < -0.39 is 5.97 Å². The van der Waals surface area contributed by atoms with Crippen LogP contribution in [0.15, 0.2) is 33.2 Å². The number of Topliss-reactive ketones (excluding diaryl/α,β-unsaturated/α-hetero) is 2. The number of methoxy groups -OCH3 is 2. The number of hydrogen-bond acceptors (Lipinski definition) is 7. The van der Waals surface area contributed by atoms with Gasteiger partial charge in [-0.2, -0.15) is 0 Å². The molecule has 0 radical (unpaired) electrons. The summed E-state index contributed by atoms with van der Waals surface area (Å²) in [5.41, 5.74) is 1.57. The van der Waals surface area contributed by atoms with Crippen LogP contribution in [-0.4, -0.2) is 41.7 Å². The number of rotatable bonds is 5. The third kappa shape index (κ3) is 7.66. The molecule has 27 heavy (non-hydrogen) atoms. The van der Waals surface area contributed by atoms with E-state index in [1.54, 1.807) is 19.2 Å². The molecule has 0 saturated carbocycles. The Morgan fingerprint density at radius 3 is 1.81 bits per heavy atom. The molecular formula is C18H18Br2N2O5. The molecule has 0 amide bonds. The van der Waals surface area contributed by atoms with Crippen molar-refractivity contribution in [3.63, 3.8) is 0 Å². The Hall–Kier alpha value is -1.97. The van der Waals surface area contributed by atoms with Gasteiger partial charge < -0.3 is 9.47 Å². The Bertz CT molecular complexity index is 856. The van der Waals surface area contributed by atoms with Gasteiger partial charge in [0, 0.05) is 29.9 Å². The lowest BCUT2D eigenvalue weighted by atomic mass is 10.2. The molecule has 0 unspecified atom stereocenters. The summed E-state index contributed by atoms with van der Waals surface area (Å²) in [6.07, 6.45) is 0. The third-order valence-corrected chi connectivity index (χ3v) is 3.96. The molecule has 2 aromatic heterocycles. The van der Waals surface area contributed by atoms with Gasteiger partial charge in [-0.25, -0.2) is 14.8 Å². The second-order valence-corrected chi connectivity index (χ2v) is 7.09. The zero-order valence-electron chi connectivity index (χ0n) is 15.2. The van der Waals surface area contributed by atoms with Gasteiger partial charge in [-0.3, -0.25) is 9.59 Å². The molecule has 0 fully saturated rings. The third-order valence-electron chi connectivity index (χ3n) is 3.04. The first-order valence-corrected chi connectivity index (χ1v) is 9.19. The molecule has 0 saturated heterocycles. The van der Waals surface area contributed by atoms with Gasteiger partial charge in [0.05, 0.1) is 19.4 Å². The maximum Gasteiger partial charge on any atom is 0.356 e. The smallest absolute Gasteiger partial charge is 0.356 e. The Morgan fingerprint density at radius 2 is 1.33 bits per heavy atom. The van der Waals surface area contributed by atoms with Gasteiger partial charge in [0.15, 0.2) is 11.6 Å². The van der Waals surface area contributed by atoms with E-state index >= 15 is 0 Å². The molecule has 144 valence electrons. The molecule has 2 heterocycles. The number of aromatic nitrogens is 2. The van der Waals surface area contributed by atoms with Crippen LogP contribution in [0.25, 0.3) is 0 Å². The number of carbonyl (C=O) groups is 3. The van der Waals surface area contributed by atoms with E-state index in [0.29, 0.717) is 16.8 Å². The first-order chi connectivity index (χ1) is 12.7. The molecule has 0 spiro atoms. The van der Waals surface area contributed by atoms with E-state index in [-0.39, 0.29) is 23.0 Å². The van der Waals surface area contributed by atoms with Crippen LogP contribution in [0.2, 0.25) is 0 Å². The predicted octanol–water partition coefficient (Wildman–Crippen LogP) is 4.03. The molecule has 0 aliphatic rings. The normalized spacial score (nSPS) is 9.85. The highest BCUT2D eigenvalue weighted by molar-refractivity contribution is 9.10. The number of halogens is 2. The maximum absolute atomic E-state index is 11.1. The van der Waals surface area contributed by atoms with Gasteiger partial charge in [0.1, 0.15) is 17.1 Å². The molecule has 0 aliphatic heterocycles. The fraction of sp³-hybridized carbons (Fsp3) is 0.278. The van der Waals surface area contributed by atoms with E-state index in [1.165, 1.54) is 27.0 Å². The Morgan fingerprint density at radius 1 is 0.852 bits per heavy atom. The van der Waals surface area contributed by atoms with Gasteiger partial charge in [-0.05, 0) is 24.3 Å². The summed E-state index contributed by atoms with van der Waals surface area (Å²) in [4.78, 5) is 41.1. The molecule has 0 N–H and O–H groups in total. The number of ether oxygens (including phenoxy) is 2. The lowest BCUT2D eigenvalue weighted by Gasteiger charge is -2.02. The van der Waals surface area contributed by atoms with Crippen molar-refractivity contribution in [1.82, 2.24) is 9.97 Å². The standard InChI is InChI=1S/C9H8BrNO3.C9H10BrNO2/c1-5(12)7-3-6(10)4-8(11-7)9(13)14-2;1-6(12)9-4-7(10)3-8(11-9)5-13-2/h3-4H,1-2H3;3-4H,5H2,1-2H3. The first-order valence-electron chi connectivity index (χ1n) is 7.61. The largest absolute Gasteiger partial charge is 0.464 e. The lowest BCUT2D eigenvalue weighted by molar-refractivity contribution is 0.0593. The highest BCUT2D eigenvalue weighted by Crippen LogP contribution is 2.14. The summed E-state index contributed by atoms with van der Waals surface area (Å²) in [6.45, 7) is 3.29. The van der Waals surface area contributed by atoms with Crippen molar-refractivity contribution in [1.29, 1.82) is 0 Å². The zero-order chi connectivity index (χ0) is 20.6. The minimum absolute atomic E-state index is 0.0429. The molecule has 9 heteroatoms. The number of esters is 1. The summed E-state index contributed by atoms with van der Waals surface area (Å²) in [5, 5.41) is 0. The highest BCUT2D eigenvalue weighted by atomic mass is 79.9. The van der Waals surface area contributed by atoms with Crippen molar-refractivity contribution in [2.75, 3.05) is 14.2 Å². The SMILES string of the molecule is COC(=O)c1cc(Br)cc(C(C)=O)n1.COCc1cc(Br)cc(C(C)=O)n1. The monoisotopic (exact) mass is 500 g/mol. The molecule has 2 rings (SSSR count). The van der Waals surface area contributed by atoms with E-state index in [1.807, 2.05) is 6.07 Å². The summed E-state index contributed by atoms with van der Waals surface area (Å²) in [7, 11) is 2.86. The topological polar surface area (TPSA) is 95.5 Å². The van der Waals surface area contributed by atoms with Crippen molar-refractivity contribution in [2.45, 2.75) is 20.5 Å². The number of hydrogen-bond donors (Lipinski definition) is 0. The quantitative estimate of drug-likeness (QED) is 0.450. The van der Waals surface area contributed by atoms with Gasteiger partial charge in [-0.1, -0.05) is 31.9 Å². The summed E-state index contributed by atoms with van der Waals surface area (Å²) < 4.78 is 10.9. The van der Waals surface area contributed by atoms with Crippen molar-refractivity contribution < 1.29 is 23.9 Å². The van der Waals surface area contributed by atoms with Gasteiger partial charge >= 0.3 is 5.97 Å². The molecule has 7 nitrogen and oxygen atoms in total. The van der Waals surface area contributed by atoms with Crippen molar-refractivity contribution in [3.8, 4) is 0 Å². The van der Waals surface area contributed by atoms with Crippen LogP contribution in [0.5, 0.6) is 0 Å². The second kappa shape index (κ2) is 11.0. The lowest BCUT2D eigenvalue weighted by Crippen LogP contribution is -2.08. The number of carbonyl (C=O) groups excluding carboxylic acids is 3. The number of nitrogens with zero attached hydrogens (tertiary/aromatic N) is 2. The molecule has 0 aromatic carbocycles. The first kappa shape index (κ1) is 23.1. The van der Waals surface area contributed by atoms with Crippen LogP contribution in [0, 0.1) is 0 Å². The van der Waals surface area contributed by atoms with Crippen LogP contribution in [0.3, 0.4) is 0 Å². The summed E-state index contributed by atoms with van der Waals surface area (Å²) in [5.74, 6) is -0.802. The van der Waals surface area contributed by atoms with Gasteiger partial charge in [-0.15, -0.1) is 0 Å². The Kier molecular flexibility index (Phi) is 9.40. The average Bonchev–Trinajstić information content (AvgIpc) is 2.60. The zero-order valence-corrected chi connectivity index (χ0v) is 18.4. The molecule has 0 atom stereocenters. The van der Waals surface area contributed by atoms with Crippen LogP contribution in [0.1, 0.15) is 51.0 Å². The van der Waals surface area contributed by atoms with Gasteiger partial charge in [0.25, 0.3) is 0 Å².